The summed E-state index contributed by atoms with van der Waals surface area (Å²) >= 11 is 0.485. The molecule has 0 saturated carbocycles. The maximum Gasteiger partial charge on any atom is 0.433 e. The van der Waals surface area contributed by atoms with Gasteiger partial charge in [0, 0.05) is 23.7 Å². The number of carbonyl (C=O) groups is 2. The minimum atomic E-state index is -4.87. The number of pyridine rings is 1. The van der Waals surface area contributed by atoms with E-state index < -0.39 is 54.5 Å². The molecule has 0 bridgehead atoms. The lowest BCUT2D eigenvalue weighted by atomic mass is 10.0. The average molecular weight is 577 g/mol. The van der Waals surface area contributed by atoms with Crippen LogP contribution in [0.3, 0.4) is 0 Å². The number of aromatic nitrogens is 5. The molecule has 0 spiro atoms. The minimum absolute atomic E-state index is 0.0725. The van der Waals surface area contributed by atoms with E-state index in [1.807, 2.05) is 0 Å². The number of amides is 2. The van der Waals surface area contributed by atoms with Gasteiger partial charge in [-0.1, -0.05) is 0 Å². The number of halogens is 7. The molecule has 0 unspecified atom stereocenters. The highest BCUT2D eigenvalue weighted by Gasteiger charge is 2.35. The first-order valence-corrected chi connectivity index (χ1v) is 11.9. The number of fused-ring (bicyclic) bond motifs is 1. The van der Waals surface area contributed by atoms with Crippen molar-refractivity contribution in [2.24, 2.45) is 5.73 Å². The van der Waals surface area contributed by atoms with E-state index in [-0.39, 0.29) is 31.9 Å². The summed E-state index contributed by atoms with van der Waals surface area (Å²) in [6.45, 7) is 2.71. The third kappa shape index (κ3) is 5.43. The van der Waals surface area contributed by atoms with Crippen molar-refractivity contribution in [3.05, 3.63) is 46.0 Å². The molecule has 3 N–H and O–H groups in total. The number of nitrogens with one attached hydrogen (secondary N) is 1. The first-order chi connectivity index (χ1) is 18.2. The van der Waals surface area contributed by atoms with Gasteiger partial charge in [0.1, 0.15) is 33.3 Å². The Morgan fingerprint density at radius 2 is 1.79 bits per heavy atom. The quantitative estimate of drug-likeness (QED) is 0.275. The Labute approximate surface area is 218 Å². The largest absolute Gasteiger partial charge is 0.433 e. The summed E-state index contributed by atoms with van der Waals surface area (Å²) in [7, 11) is 0. The summed E-state index contributed by atoms with van der Waals surface area (Å²) in [6, 6.07) is 1.18. The number of hydrogen-bond donors (Lipinski definition) is 2. The lowest BCUT2D eigenvalue weighted by molar-refractivity contribution is -0.140. The predicted octanol–water partition coefficient (Wildman–Crippen LogP) is 5.32. The van der Waals surface area contributed by atoms with Crippen LogP contribution in [0.5, 0.6) is 0 Å². The predicted molar refractivity (Wildman–Crippen MR) is 126 cm³/mol. The van der Waals surface area contributed by atoms with Crippen LogP contribution in [-0.2, 0) is 24.1 Å². The van der Waals surface area contributed by atoms with Gasteiger partial charge in [0.2, 0.25) is 5.91 Å². The fraction of sp³-hybridized carbons (Fsp3) is 0.318. The summed E-state index contributed by atoms with van der Waals surface area (Å²) in [4.78, 5) is 28.0. The molecule has 9 nitrogen and oxygen atoms in total. The number of thiophene rings is 1. The van der Waals surface area contributed by atoms with Gasteiger partial charge in [-0.25, -0.2) is 22.5 Å². The van der Waals surface area contributed by atoms with Gasteiger partial charge in [-0.3, -0.25) is 19.0 Å². The van der Waals surface area contributed by atoms with Gasteiger partial charge in [0.25, 0.3) is 18.8 Å². The molecule has 0 aliphatic heterocycles. The number of anilines is 1. The first kappa shape index (κ1) is 28.0. The van der Waals surface area contributed by atoms with Gasteiger partial charge in [-0.15, -0.1) is 11.3 Å². The van der Waals surface area contributed by atoms with Gasteiger partial charge in [0.05, 0.1) is 11.4 Å². The van der Waals surface area contributed by atoms with Crippen molar-refractivity contribution in [1.29, 1.82) is 0 Å². The Balaban J connectivity index is 1.88. The highest BCUT2D eigenvalue weighted by atomic mass is 32.1. The van der Waals surface area contributed by atoms with E-state index in [1.165, 1.54) is 10.9 Å². The van der Waals surface area contributed by atoms with Crippen LogP contribution in [0.4, 0.5) is 36.4 Å². The summed E-state index contributed by atoms with van der Waals surface area (Å²) in [5, 5.41) is 9.80. The second kappa shape index (κ2) is 10.3. The second-order valence-electron chi connectivity index (χ2n) is 8.19. The highest BCUT2D eigenvalue weighted by molar-refractivity contribution is 7.21. The molecule has 0 aromatic carbocycles. The van der Waals surface area contributed by atoms with Gasteiger partial charge in [-0.2, -0.15) is 23.4 Å². The SMILES string of the molecule is CCn1cc(-c2cc(C(F)(F)F)nc3sc(C(N)=O)c(NC(=O)Cn4nc(C(F)F)cc4C(F)F)c23)c(C)n1. The fourth-order valence-electron chi connectivity index (χ4n) is 3.87. The van der Waals surface area contributed by atoms with E-state index in [0.29, 0.717) is 34.3 Å². The molecule has 208 valence electrons. The second-order valence-corrected chi connectivity index (χ2v) is 9.19. The monoisotopic (exact) mass is 577 g/mol. The van der Waals surface area contributed by atoms with Crippen LogP contribution in [-0.4, -0.2) is 36.4 Å². The van der Waals surface area contributed by atoms with E-state index in [4.69, 9.17) is 5.73 Å². The van der Waals surface area contributed by atoms with Crippen LogP contribution in [0.2, 0.25) is 0 Å². The zero-order valence-corrected chi connectivity index (χ0v) is 20.8. The molecule has 17 heteroatoms. The summed E-state index contributed by atoms with van der Waals surface area (Å²) in [5.74, 6) is -2.20. The van der Waals surface area contributed by atoms with Crippen LogP contribution in [0.1, 0.15) is 52.2 Å². The van der Waals surface area contributed by atoms with E-state index in [2.05, 4.69) is 20.5 Å². The summed E-state index contributed by atoms with van der Waals surface area (Å²) in [6.07, 6.45) is -9.82. The smallest absolute Gasteiger partial charge is 0.365 e. The van der Waals surface area contributed by atoms with Gasteiger partial charge in [0.15, 0.2) is 0 Å². The number of nitrogens with zero attached hydrogens (tertiary/aromatic N) is 5. The molecular formula is C22H18F7N7O2S. The molecule has 0 atom stereocenters. The van der Waals surface area contributed by atoms with Crippen LogP contribution >= 0.6 is 11.3 Å². The highest BCUT2D eigenvalue weighted by Crippen LogP contribution is 2.44. The average Bonchev–Trinajstić information content (AvgIpc) is 3.53. The normalized spacial score (nSPS) is 12.2. The number of primary amides is 1. The van der Waals surface area contributed by atoms with Crippen LogP contribution in [0.25, 0.3) is 21.3 Å². The lowest BCUT2D eigenvalue weighted by Gasteiger charge is -2.12. The zero-order valence-electron chi connectivity index (χ0n) is 20.0. The molecule has 0 aliphatic carbocycles. The van der Waals surface area contributed by atoms with Crippen LogP contribution in [0, 0.1) is 6.92 Å². The number of nitrogens with two attached hydrogens (primary N) is 1. The number of rotatable bonds is 8. The minimum Gasteiger partial charge on any atom is -0.365 e. The van der Waals surface area contributed by atoms with Crippen LogP contribution in [0.15, 0.2) is 18.3 Å². The molecule has 0 fully saturated rings. The van der Waals surface area contributed by atoms with Crippen molar-refractivity contribution in [1.82, 2.24) is 24.5 Å². The number of hydrogen-bond acceptors (Lipinski definition) is 6. The molecule has 4 heterocycles. The van der Waals surface area contributed by atoms with Crippen LogP contribution < -0.4 is 11.1 Å². The number of carbonyl (C=O) groups excluding carboxylic acids is 2. The van der Waals surface area contributed by atoms with Crippen molar-refractivity contribution in [3.63, 3.8) is 0 Å². The summed E-state index contributed by atoms with van der Waals surface area (Å²) < 4.78 is 95.6. The molecule has 0 aliphatic rings. The molecular weight excluding hydrogens is 559 g/mol. The Bertz CT molecular complexity index is 1570. The molecule has 4 aromatic heterocycles. The van der Waals surface area contributed by atoms with Gasteiger partial charge in [-0.05, 0) is 31.5 Å². The Kier molecular flexibility index (Phi) is 7.38. The maximum absolute atomic E-state index is 13.7. The van der Waals surface area contributed by atoms with Crippen molar-refractivity contribution < 1.29 is 40.3 Å². The Morgan fingerprint density at radius 3 is 2.33 bits per heavy atom. The van der Waals surface area contributed by atoms with Crippen molar-refractivity contribution in [2.45, 2.75) is 46.0 Å². The molecule has 4 aromatic rings. The van der Waals surface area contributed by atoms with Crippen molar-refractivity contribution in [2.75, 3.05) is 5.32 Å². The van der Waals surface area contributed by atoms with E-state index in [9.17, 15) is 40.3 Å². The molecule has 4 rings (SSSR count). The first-order valence-electron chi connectivity index (χ1n) is 11.0. The number of aryl methyl sites for hydroxylation is 2. The Morgan fingerprint density at radius 1 is 1.10 bits per heavy atom. The third-order valence-electron chi connectivity index (χ3n) is 5.57. The zero-order chi connectivity index (χ0) is 28.8. The topological polar surface area (TPSA) is 121 Å². The number of alkyl halides is 7. The van der Waals surface area contributed by atoms with Crippen molar-refractivity contribution in [3.8, 4) is 11.1 Å². The van der Waals surface area contributed by atoms with Crippen molar-refractivity contribution >= 4 is 39.1 Å². The molecule has 0 saturated heterocycles. The standard InChI is InChI=1S/C22H18F7N7O2S/c1-3-35-6-10(8(2)33-35)9-4-13(22(27,28)29)31-21-15(9)16(17(39-21)20(30)38)32-14(37)7-36-12(19(25)26)5-11(34-36)18(23)24/h4-6,18-19H,3,7H2,1-2H3,(H2,30,38)(H,32,37). The van der Waals surface area contributed by atoms with E-state index in [0.717, 1.165) is 6.07 Å². The lowest BCUT2D eigenvalue weighted by Crippen LogP contribution is -2.23. The van der Waals surface area contributed by atoms with E-state index in [1.54, 1.807) is 13.8 Å². The Hall–Kier alpha value is -4.02. The fourth-order valence-corrected chi connectivity index (χ4v) is 4.88. The van der Waals surface area contributed by atoms with E-state index >= 15 is 0 Å². The van der Waals surface area contributed by atoms with Gasteiger partial charge < -0.3 is 11.1 Å². The third-order valence-corrected chi connectivity index (χ3v) is 6.67. The summed E-state index contributed by atoms with van der Waals surface area (Å²) in [5.41, 5.74) is 2.41. The maximum atomic E-state index is 13.7. The molecule has 39 heavy (non-hydrogen) atoms. The molecule has 0 radical (unpaired) electrons. The molecule has 2 amide bonds. The van der Waals surface area contributed by atoms with Gasteiger partial charge >= 0.3 is 6.18 Å².